The van der Waals surface area contributed by atoms with E-state index in [2.05, 4.69) is 15.3 Å². The number of carbonyl (C=O) groups is 1. The lowest BCUT2D eigenvalue weighted by Crippen LogP contribution is -2.31. The van der Waals surface area contributed by atoms with Crippen molar-refractivity contribution in [3.05, 3.63) is 75.1 Å². The van der Waals surface area contributed by atoms with Gasteiger partial charge in [0.2, 0.25) is 0 Å². The maximum atomic E-state index is 13.2. The van der Waals surface area contributed by atoms with Gasteiger partial charge in [-0.15, -0.1) is 0 Å². The molecule has 5 N–H and O–H groups in total. The number of aryl methyl sites for hydroxylation is 2. The molecule has 0 bridgehead atoms. The third-order valence-corrected chi connectivity index (χ3v) is 5.28. The average Bonchev–Trinajstić information content (AvgIpc) is 2.75. The number of nitrogens with one attached hydrogen (secondary N) is 1. The number of alkyl halides is 2. The molecule has 174 valence electrons. The number of pyridine rings is 1. The lowest BCUT2D eigenvalue weighted by molar-refractivity contribution is 0.102. The molecule has 0 saturated heterocycles. The van der Waals surface area contributed by atoms with E-state index < -0.39 is 17.9 Å². The first-order chi connectivity index (χ1) is 15.6. The molecule has 1 aromatic carbocycles. The predicted octanol–water partition coefficient (Wildman–Crippen LogP) is 3.82. The molecular formula is C23H26F2N6O2. The minimum Gasteiger partial charge on any atom is -0.383 e. The largest absolute Gasteiger partial charge is 0.383 e. The molecule has 8 nitrogen and oxygen atoms in total. The fraction of sp³-hybridized carbons (Fsp3) is 0.304. The zero-order chi connectivity index (χ0) is 24.3. The molecule has 0 aliphatic carbocycles. The normalized spacial score (nSPS) is 12.1. The highest BCUT2D eigenvalue weighted by atomic mass is 19.3. The summed E-state index contributed by atoms with van der Waals surface area (Å²) in [6.45, 7) is 5.22. The molecule has 1 amide bonds. The van der Waals surface area contributed by atoms with E-state index in [1.807, 2.05) is 6.92 Å². The SMILES string of the molecule is CCC[C@@H](N)c1cncc(NC(=O)c2c(N)ncn(-c3c(C)cc(C(F)F)cc3C)c2=O)c1. The number of anilines is 2. The maximum Gasteiger partial charge on any atom is 0.272 e. The molecular weight excluding hydrogens is 430 g/mol. The summed E-state index contributed by atoms with van der Waals surface area (Å²) in [7, 11) is 0. The fourth-order valence-corrected chi connectivity index (χ4v) is 3.74. The molecule has 3 aromatic rings. The summed E-state index contributed by atoms with van der Waals surface area (Å²) in [5.74, 6) is -1.01. The smallest absolute Gasteiger partial charge is 0.272 e. The molecule has 10 heteroatoms. The lowest BCUT2D eigenvalue weighted by Gasteiger charge is -2.16. The first-order valence-corrected chi connectivity index (χ1v) is 10.4. The number of benzene rings is 1. The van der Waals surface area contributed by atoms with Gasteiger partial charge in [0, 0.05) is 17.8 Å². The molecule has 1 atom stereocenters. The van der Waals surface area contributed by atoms with Crippen molar-refractivity contribution in [3.8, 4) is 5.69 Å². The summed E-state index contributed by atoms with van der Waals surface area (Å²) >= 11 is 0. The minimum atomic E-state index is -2.64. The van der Waals surface area contributed by atoms with Crippen molar-refractivity contribution in [2.45, 2.75) is 46.1 Å². The van der Waals surface area contributed by atoms with Gasteiger partial charge in [0.25, 0.3) is 17.9 Å². The van der Waals surface area contributed by atoms with Crippen molar-refractivity contribution in [3.63, 3.8) is 0 Å². The van der Waals surface area contributed by atoms with Crippen LogP contribution in [-0.4, -0.2) is 20.4 Å². The molecule has 0 fully saturated rings. The van der Waals surface area contributed by atoms with Crippen LogP contribution in [-0.2, 0) is 0 Å². The zero-order valence-corrected chi connectivity index (χ0v) is 18.6. The molecule has 0 aliphatic rings. The summed E-state index contributed by atoms with van der Waals surface area (Å²) in [5.41, 5.74) is 13.1. The number of nitrogens with two attached hydrogens (primary N) is 2. The van der Waals surface area contributed by atoms with E-state index in [0.717, 1.165) is 23.0 Å². The third kappa shape index (κ3) is 5.06. The summed E-state index contributed by atoms with van der Waals surface area (Å²) < 4.78 is 27.4. The molecule has 0 aliphatic heterocycles. The lowest BCUT2D eigenvalue weighted by atomic mass is 10.0. The zero-order valence-electron chi connectivity index (χ0n) is 18.6. The molecule has 2 heterocycles. The first-order valence-electron chi connectivity index (χ1n) is 10.4. The summed E-state index contributed by atoms with van der Waals surface area (Å²) in [6.07, 6.45) is 3.23. The molecule has 0 unspecified atom stereocenters. The van der Waals surface area contributed by atoms with E-state index in [0.29, 0.717) is 22.5 Å². The van der Waals surface area contributed by atoms with Crippen LogP contribution in [0.3, 0.4) is 0 Å². The number of nitrogen functional groups attached to an aromatic ring is 1. The highest BCUT2D eigenvalue weighted by Crippen LogP contribution is 2.26. The Kier molecular flexibility index (Phi) is 7.17. The monoisotopic (exact) mass is 456 g/mol. The van der Waals surface area contributed by atoms with Crippen molar-refractivity contribution < 1.29 is 13.6 Å². The van der Waals surface area contributed by atoms with Crippen molar-refractivity contribution in [2.24, 2.45) is 5.73 Å². The van der Waals surface area contributed by atoms with Gasteiger partial charge in [-0.1, -0.05) is 13.3 Å². The summed E-state index contributed by atoms with van der Waals surface area (Å²) in [4.78, 5) is 34.2. The molecule has 3 rings (SSSR count). The molecule has 0 saturated carbocycles. The number of hydrogen-bond donors (Lipinski definition) is 3. The van der Waals surface area contributed by atoms with Gasteiger partial charge in [-0.2, -0.15) is 0 Å². The summed E-state index contributed by atoms with van der Waals surface area (Å²) in [6, 6.07) is 4.05. The standard InChI is InChI=1S/C23H26F2N6O2/c1-4-5-17(26)15-8-16(10-28-9-15)30-22(32)18-21(27)29-11-31(23(18)33)19-12(2)6-14(20(24)25)7-13(19)3/h6-11,17,20H,4-5,26-27H2,1-3H3,(H,30,32)/t17-/m1/s1. The van der Waals surface area contributed by atoms with E-state index in [-0.39, 0.29) is 23.0 Å². The second kappa shape index (κ2) is 9.86. The fourth-order valence-electron chi connectivity index (χ4n) is 3.74. The number of aromatic nitrogens is 3. The Labute approximate surface area is 189 Å². The van der Waals surface area contributed by atoms with Crippen LogP contribution >= 0.6 is 0 Å². The van der Waals surface area contributed by atoms with Gasteiger partial charge in [0.15, 0.2) is 0 Å². The van der Waals surface area contributed by atoms with Crippen LogP contribution in [0.25, 0.3) is 5.69 Å². The minimum absolute atomic E-state index is 0.156. The van der Waals surface area contributed by atoms with Crippen molar-refractivity contribution >= 4 is 17.4 Å². The molecule has 2 aromatic heterocycles. The van der Waals surface area contributed by atoms with E-state index in [1.54, 1.807) is 26.1 Å². The topological polar surface area (TPSA) is 129 Å². The van der Waals surface area contributed by atoms with E-state index in [4.69, 9.17) is 11.5 Å². The van der Waals surface area contributed by atoms with Crippen LogP contribution in [0, 0.1) is 13.8 Å². The number of rotatable bonds is 7. The first kappa shape index (κ1) is 24.0. The highest BCUT2D eigenvalue weighted by Gasteiger charge is 2.21. The van der Waals surface area contributed by atoms with E-state index in [1.165, 1.54) is 24.7 Å². The van der Waals surface area contributed by atoms with E-state index in [9.17, 15) is 18.4 Å². The van der Waals surface area contributed by atoms with Gasteiger partial charge in [0.1, 0.15) is 17.7 Å². The van der Waals surface area contributed by atoms with Gasteiger partial charge in [-0.3, -0.25) is 19.1 Å². The number of amides is 1. The quantitative estimate of drug-likeness (QED) is 0.496. The number of hydrogen-bond acceptors (Lipinski definition) is 6. The van der Waals surface area contributed by atoms with Gasteiger partial charge in [-0.05, 0) is 55.2 Å². The summed E-state index contributed by atoms with van der Waals surface area (Å²) in [5, 5.41) is 2.62. The Morgan fingerprint density at radius 2 is 1.82 bits per heavy atom. The number of halogens is 2. The van der Waals surface area contributed by atoms with Gasteiger partial charge < -0.3 is 16.8 Å². The van der Waals surface area contributed by atoms with Gasteiger partial charge in [-0.25, -0.2) is 13.8 Å². The van der Waals surface area contributed by atoms with Crippen molar-refractivity contribution in [1.29, 1.82) is 0 Å². The molecule has 0 radical (unpaired) electrons. The Morgan fingerprint density at radius 1 is 1.15 bits per heavy atom. The van der Waals surface area contributed by atoms with E-state index >= 15 is 0 Å². The number of carbonyl (C=O) groups excluding carboxylic acids is 1. The average molecular weight is 456 g/mol. The Balaban J connectivity index is 2.00. The van der Waals surface area contributed by atoms with Crippen molar-refractivity contribution in [1.82, 2.24) is 14.5 Å². The van der Waals surface area contributed by atoms with Crippen LogP contribution < -0.4 is 22.3 Å². The maximum absolute atomic E-state index is 13.2. The predicted molar refractivity (Wildman–Crippen MR) is 123 cm³/mol. The molecule has 33 heavy (non-hydrogen) atoms. The third-order valence-electron chi connectivity index (χ3n) is 5.28. The van der Waals surface area contributed by atoms with Gasteiger partial charge >= 0.3 is 0 Å². The molecule has 0 spiro atoms. The number of nitrogens with zero attached hydrogens (tertiary/aromatic N) is 3. The van der Waals surface area contributed by atoms with Crippen LogP contribution in [0.5, 0.6) is 0 Å². The Bertz CT molecular complexity index is 1220. The van der Waals surface area contributed by atoms with Crippen LogP contribution in [0.15, 0.2) is 41.7 Å². The highest BCUT2D eigenvalue weighted by molar-refractivity contribution is 6.06. The second-order valence-corrected chi connectivity index (χ2v) is 7.84. The van der Waals surface area contributed by atoms with Crippen LogP contribution in [0.1, 0.15) is 64.8 Å². The Morgan fingerprint density at radius 3 is 2.42 bits per heavy atom. The van der Waals surface area contributed by atoms with Crippen LogP contribution in [0.2, 0.25) is 0 Å². The van der Waals surface area contributed by atoms with Gasteiger partial charge in [0.05, 0.1) is 17.6 Å². The second-order valence-electron chi connectivity index (χ2n) is 7.84. The van der Waals surface area contributed by atoms with Crippen molar-refractivity contribution in [2.75, 3.05) is 11.1 Å². The van der Waals surface area contributed by atoms with Crippen LogP contribution in [0.4, 0.5) is 20.3 Å². The Hall–Kier alpha value is -3.66.